The SMILES string of the molecule is N#Cc1ccc(F)c(F)c1/C=C/C(=O)O. The summed E-state index contributed by atoms with van der Waals surface area (Å²) < 4.78 is 25.9. The molecule has 1 aromatic carbocycles. The van der Waals surface area contributed by atoms with Gasteiger partial charge in [0.25, 0.3) is 0 Å². The number of benzene rings is 1. The minimum atomic E-state index is -1.30. The molecule has 0 radical (unpaired) electrons. The molecule has 0 aromatic heterocycles. The molecule has 3 nitrogen and oxygen atoms in total. The van der Waals surface area contributed by atoms with Crippen LogP contribution in [0.3, 0.4) is 0 Å². The Labute approximate surface area is 83.9 Å². The molecule has 0 saturated carbocycles. The quantitative estimate of drug-likeness (QED) is 0.757. The van der Waals surface area contributed by atoms with Crippen LogP contribution in [0.5, 0.6) is 0 Å². The zero-order valence-electron chi connectivity index (χ0n) is 7.37. The van der Waals surface area contributed by atoms with Gasteiger partial charge in [0.2, 0.25) is 0 Å². The molecular weight excluding hydrogens is 204 g/mol. The van der Waals surface area contributed by atoms with Gasteiger partial charge in [0, 0.05) is 11.6 Å². The van der Waals surface area contributed by atoms with Crippen molar-refractivity contribution < 1.29 is 18.7 Å². The van der Waals surface area contributed by atoms with E-state index in [2.05, 4.69) is 0 Å². The van der Waals surface area contributed by atoms with Crippen LogP contribution in [0.4, 0.5) is 8.78 Å². The maximum absolute atomic E-state index is 13.1. The van der Waals surface area contributed by atoms with Crippen molar-refractivity contribution in [1.82, 2.24) is 0 Å². The molecular formula is C10H5F2NO2. The molecule has 76 valence electrons. The number of rotatable bonds is 2. The lowest BCUT2D eigenvalue weighted by molar-refractivity contribution is -0.131. The van der Waals surface area contributed by atoms with E-state index in [9.17, 15) is 13.6 Å². The van der Waals surface area contributed by atoms with E-state index in [1.165, 1.54) is 0 Å². The predicted octanol–water partition coefficient (Wildman–Crippen LogP) is 1.93. The summed E-state index contributed by atoms with van der Waals surface area (Å²) in [5.74, 6) is -3.66. The van der Waals surface area contributed by atoms with Gasteiger partial charge >= 0.3 is 5.97 Å². The van der Waals surface area contributed by atoms with Gasteiger partial charge < -0.3 is 5.11 Å². The van der Waals surface area contributed by atoms with E-state index in [0.29, 0.717) is 6.08 Å². The lowest BCUT2D eigenvalue weighted by Crippen LogP contribution is -1.94. The van der Waals surface area contributed by atoms with Crippen LogP contribution in [0.15, 0.2) is 18.2 Å². The number of halogens is 2. The molecule has 0 fully saturated rings. The highest BCUT2D eigenvalue weighted by Crippen LogP contribution is 2.17. The van der Waals surface area contributed by atoms with E-state index in [0.717, 1.165) is 18.2 Å². The smallest absolute Gasteiger partial charge is 0.328 e. The Morgan fingerprint density at radius 1 is 1.47 bits per heavy atom. The molecule has 1 rings (SSSR count). The molecule has 0 bridgehead atoms. The first-order valence-corrected chi connectivity index (χ1v) is 3.85. The molecule has 15 heavy (non-hydrogen) atoms. The Bertz CT molecular complexity index is 475. The molecule has 0 spiro atoms. The zero-order valence-corrected chi connectivity index (χ0v) is 7.37. The molecule has 5 heteroatoms. The van der Waals surface area contributed by atoms with Crippen LogP contribution in [0.2, 0.25) is 0 Å². The number of nitriles is 1. The summed E-state index contributed by atoms with van der Waals surface area (Å²) in [4.78, 5) is 10.2. The average Bonchev–Trinajstić information content (AvgIpc) is 2.20. The summed E-state index contributed by atoms with van der Waals surface area (Å²) in [5, 5.41) is 16.9. The fourth-order valence-corrected chi connectivity index (χ4v) is 0.981. The first kappa shape index (κ1) is 10.9. The van der Waals surface area contributed by atoms with Gasteiger partial charge in [-0.3, -0.25) is 0 Å². The van der Waals surface area contributed by atoms with Crippen molar-refractivity contribution in [3.63, 3.8) is 0 Å². The maximum Gasteiger partial charge on any atom is 0.328 e. The Morgan fingerprint density at radius 2 is 2.13 bits per heavy atom. The third kappa shape index (κ3) is 2.38. The number of carboxylic acid groups (broad SMARTS) is 1. The average molecular weight is 209 g/mol. The summed E-state index contributed by atoms with van der Waals surface area (Å²) in [7, 11) is 0. The minimum absolute atomic E-state index is 0.119. The predicted molar refractivity (Wildman–Crippen MR) is 47.7 cm³/mol. The third-order valence-corrected chi connectivity index (χ3v) is 1.65. The number of hydrogen-bond donors (Lipinski definition) is 1. The molecule has 0 atom stereocenters. The molecule has 0 unspecified atom stereocenters. The van der Waals surface area contributed by atoms with E-state index in [1.807, 2.05) is 0 Å². The first-order valence-electron chi connectivity index (χ1n) is 3.85. The van der Waals surface area contributed by atoms with Crippen molar-refractivity contribution in [1.29, 1.82) is 5.26 Å². The van der Waals surface area contributed by atoms with Crippen molar-refractivity contribution in [2.75, 3.05) is 0 Å². The van der Waals surface area contributed by atoms with Gasteiger partial charge in [-0.2, -0.15) is 5.26 Å². The van der Waals surface area contributed by atoms with Gasteiger partial charge in [-0.25, -0.2) is 13.6 Å². The number of nitrogens with zero attached hydrogens (tertiary/aromatic N) is 1. The first-order chi connectivity index (χ1) is 7.06. The van der Waals surface area contributed by atoms with Crippen LogP contribution in [-0.2, 0) is 4.79 Å². The van der Waals surface area contributed by atoms with Crippen LogP contribution in [0.25, 0.3) is 6.08 Å². The highest BCUT2D eigenvalue weighted by atomic mass is 19.2. The summed E-state index contributed by atoms with van der Waals surface area (Å²) in [6.07, 6.45) is 1.48. The van der Waals surface area contributed by atoms with Gasteiger partial charge in [-0.15, -0.1) is 0 Å². The lowest BCUT2D eigenvalue weighted by atomic mass is 10.1. The molecule has 0 amide bonds. The second-order valence-corrected chi connectivity index (χ2v) is 2.61. The van der Waals surface area contributed by atoms with Gasteiger partial charge in [-0.05, 0) is 18.2 Å². The van der Waals surface area contributed by atoms with Crippen molar-refractivity contribution in [2.45, 2.75) is 0 Å². The van der Waals surface area contributed by atoms with Gasteiger partial charge in [0.1, 0.15) is 0 Å². The van der Waals surface area contributed by atoms with E-state index in [4.69, 9.17) is 10.4 Å². The van der Waals surface area contributed by atoms with E-state index in [-0.39, 0.29) is 11.1 Å². The highest BCUT2D eigenvalue weighted by molar-refractivity contribution is 5.85. The standard InChI is InChI=1S/C10H5F2NO2/c11-8-3-1-6(5-13)7(10(8)12)2-4-9(14)15/h1-4H,(H,14,15)/b4-2+. The second kappa shape index (κ2) is 4.33. The molecule has 0 aliphatic heterocycles. The zero-order chi connectivity index (χ0) is 11.4. The van der Waals surface area contributed by atoms with Crippen molar-refractivity contribution in [2.24, 2.45) is 0 Å². The van der Waals surface area contributed by atoms with Gasteiger partial charge in [0.05, 0.1) is 11.6 Å². The molecule has 0 aliphatic rings. The maximum atomic E-state index is 13.1. The monoisotopic (exact) mass is 209 g/mol. The fraction of sp³-hybridized carbons (Fsp3) is 0. The summed E-state index contributed by atoms with van der Waals surface area (Å²) in [5.41, 5.74) is -0.480. The van der Waals surface area contributed by atoms with Crippen molar-refractivity contribution in [3.05, 3.63) is 41.0 Å². The Balaban J connectivity index is 3.32. The van der Waals surface area contributed by atoms with E-state index in [1.54, 1.807) is 6.07 Å². The topological polar surface area (TPSA) is 61.1 Å². The molecule has 0 saturated heterocycles. The summed E-state index contributed by atoms with van der Waals surface area (Å²) in [6, 6.07) is 3.53. The molecule has 0 heterocycles. The van der Waals surface area contributed by atoms with E-state index < -0.39 is 17.6 Å². The van der Waals surface area contributed by atoms with Crippen LogP contribution in [-0.4, -0.2) is 11.1 Å². The number of carbonyl (C=O) groups is 1. The van der Waals surface area contributed by atoms with Gasteiger partial charge in [0.15, 0.2) is 11.6 Å². The Morgan fingerprint density at radius 3 is 2.67 bits per heavy atom. The van der Waals surface area contributed by atoms with Crippen LogP contribution in [0.1, 0.15) is 11.1 Å². The number of hydrogen-bond acceptors (Lipinski definition) is 2. The molecule has 1 aromatic rings. The van der Waals surface area contributed by atoms with Gasteiger partial charge in [-0.1, -0.05) is 0 Å². The molecule has 1 N–H and O–H groups in total. The second-order valence-electron chi connectivity index (χ2n) is 2.61. The van der Waals surface area contributed by atoms with Crippen LogP contribution in [0, 0.1) is 23.0 Å². The van der Waals surface area contributed by atoms with Crippen molar-refractivity contribution in [3.8, 4) is 6.07 Å². The summed E-state index contributed by atoms with van der Waals surface area (Å²) in [6.45, 7) is 0. The largest absolute Gasteiger partial charge is 0.478 e. The lowest BCUT2D eigenvalue weighted by Gasteiger charge is -2.00. The Hall–Kier alpha value is -2.22. The Kier molecular flexibility index (Phi) is 3.13. The normalized spacial score (nSPS) is 10.2. The minimum Gasteiger partial charge on any atom is -0.478 e. The highest BCUT2D eigenvalue weighted by Gasteiger charge is 2.10. The third-order valence-electron chi connectivity index (χ3n) is 1.65. The van der Waals surface area contributed by atoms with Crippen LogP contribution < -0.4 is 0 Å². The number of carboxylic acids is 1. The molecule has 0 aliphatic carbocycles. The number of aliphatic carboxylic acids is 1. The fourth-order valence-electron chi connectivity index (χ4n) is 0.981. The van der Waals surface area contributed by atoms with Crippen molar-refractivity contribution >= 4 is 12.0 Å². The van der Waals surface area contributed by atoms with Crippen LogP contribution >= 0.6 is 0 Å². The summed E-state index contributed by atoms with van der Waals surface area (Å²) >= 11 is 0. The van der Waals surface area contributed by atoms with E-state index >= 15 is 0 Å².